The number of aromatic nitrogens is 2. The van der Waals surface area contributed by atoms with Crippen molar-refractivity contribution in [1.29, 1.82) is 0 Å². The van der Waals surface area contributed by atoms with Gasteiger partial charge >= 0.3 is 0 Å². The van der Waals surface area contributed by atoms with Gasteiger partial charge in [0.2, 0.25) is 17.6 Å². The van der Waals surface area contributed by atoms with Crippen LogP contribution in [-0.2, 0) is 11.3 Å². The number of carbonyl (C=O) groups excluding carboxylic acids is 1. The van der Waals surface area contributed by atoms with Gasteiger partial charge in [-0.2, -0.15) is 4.98 Å². The van der Waals surface area contributed by atoms with Crippen molar-refractivity contribution in [3.8, 4) is 11.4 Å². The van der Waals surface area contributed by atoms with E-state index < -0.39 is 0 Å². The molecule has 1 amide bonds. The Balaban J connectivity index is 1.56. The van der Waals surface area contributed by atoms with E-state index in [1.807, 2.05) is 31.2 Å². The summed E-state index contributed by atoms with van der Waals surface area (Å²) in [5.41, 5.74) is 0.683. The molecule has 26 heavy (non-hydrogen) atoms. The SMILES string of the molecule is C[C@@H](Sc1ccc(Cl)cc1)C(=O)NCc1nc(-c2ccccc2Cl)no1. The molecular formula is C18H15Cl2N3O2S. The molecule has 2 aromatic carbocycles. The second kappa shape index (κ2) is 8.58. The molecule has 0 aliphatic carbocycles. The molecule has 0 spiro atoms. The van der Waals surface area contributed by atoms with E-state index in [0.717, 1.165) is 4.90 Å². The lowest BCUT2D eigenvalue weighted by Crippen LogP contribution is -2.30. The van der Waals surface area contributed by atoms with Crippen molar-refractivity contribution in [1.82, 2.24) is 15.5 Å². The highest BCUT2D eigenvalue weighted by Gasteiger charge is 2.16. The molecule has 1 atom stereocenters. The first-order valence-corrected chi connectivity index (χ1v) is 9.44. The predicted octanol–water partition coefficient (Wildman–Crippen LogP) is 4.84. The lowest BCUT2D eigenvalue weighted by atomic mass is 10.2. The number of carbonyl (C=O) groups is 1. The van der Waals surface area contributed by atoms with Crippen molar-refractivity contribution in [3.63, 3.8) is 0 Å². The fraction of sp³-hybridized carbons (Fsp3) is 0.167. The Labute approximate surface area is 165 Å². The summed E-state index contributed by atoms with van der Waals surface area (Å²) in [7, 11) is 0. The molecule has 0 saturated heterocycles. The quantitative estimate of drug-likeness (QED) is 0.591. The number of hydrogen-bond donors (Lipinski definition) is 1. The van der Waals surface area contributed by atoms with Crippen molar-refractivity contribution in [3.05, 3.63) is 64.5 Å². The number of nitrogens with one attached hydrogen (secondary N) is 1. The fourth-order valence-corrected chi connectivity index (χ4v) is 3.39. The summed E-state index contributed by atoms with van der Waals surface area (Å²) < 4.78 is 5.18. The third-order valence-corrected chi connectivity index (χ3v) is 5.19. The number of nitrogens with zero attached hydrogens (tertiary/aromatic N) is 2. The lowest BCUT2D eigenvalue weighted by molar-refractivity contribution is -0.120. The molecule has 0 fully saturated rings. The summed E-state index contributed by atoms with van der Waals surface area (Å²) in [6.45, 7) is 1.99. The average Bonchev–Trinajstić information content (AvgIpc) is 3.10. The topological polar surface area (TPSA) is 68.0 Å². The lowest BCUT2D eigenvalue weighted by Gasteiger charge is -2.10. The summed E-state index contributed by atoms with van der Waals surface area (Å²) in [4.78, 5) is 17.5. The largest absolute Gasteiger partial charge is 0.346 e. The van der Waals surface area contributed by atoms with Crippen molar-refractivity contribution >= 4 is 40.9 Å². The molecule has 0 saturated carbocycles. The fourth-order valence-electron chi connectivity index (χ4n) is 2.16. The van der Waals surface area contributed by atoms with E-state index in [-0.39, 0.29) is 17.7 Å². The summed E-state index contributed by atoms with van der Waals surface area (Å²) in [6.07, 6.45) is 0. The van der Waals surface area contributed by atoms with Crippen LogP contribution < -0.4 is 5.32 Å². The van der Waals surface area contributed by atoms with Gasteiger partial charge in [0.1, 0.15) is 0 Å². The Kier molecular flexibility index (Phi) is 6.19. The average molecular weight is 408 g/mol. The Morgan fingerprint density at radius 3 is 2.65 bits per heavy atom. The summed E-state index contributed by atoms with van der Waals surface area (Å²) >= 11 is 13.4. The Morgan fingerprint density at radius 2 is 1.92 bits per heavy atom. The standard InChI is InChI=1S/C18H15Cl2N3O2S/c1-11(26-13-8-6-12(19)7-9-13)18(24)21-10-16-22-17(23-25-16)14-4-2-3-5-15(14)20/h2-9,11H,10H2,1H3,(H,21,24)/t11-/m1/s1. The Bertz CT molecular complexity index is 899. The highest BCUT2D eigenvalue weighted by molar-refractivity contribution is 8.00. The molecule has 1 heterocycles. The third kappa shape index (κ3) is 4.78. The van der Waals surface area contributed by atoms with Gasteiger partial charge in [-0.25, -0.2) is 0 Å². The van der Waals surface area contributed by atoms with Crippen LogP contribution in [0.15, 0.2) is 57.9 Å². The van der Waals surface area contributed by atoms with Crippen LogP contribution in [0.1, 0.15) is 12.8 Å². The Hall–Kier alpha value is -2.02. The van der Waals surface area contributed by atoms with Crippen LogP contribution in [0.2, 0.25) is 10.0 Å². The van der Waals surface area contributed by atoms with Crippen LogP contribution >= 0.6 is 35.0 Å². The van der Waals surface area contributed by atoms with Gasteiger partial charge in [0.15, 0.2) is 0 Å². The maximum atomic E-state index is 12.2. The van der Waals surface area contributed by atoms with Crippen molar-refractivity contribution in [2.24, 2.45) is 0 Å². The summed E-state index contributed by atoms with van der Waals surface area (Å²) in [5, 5.41) is 7.63. The van der Waals surface area contributed by atoms with Crippen LogP contribution in [0.25, 0.3) is 11.4 Å². The minimum absolute atomic E-state index is 0.123. The van der Waals surface area contributed by atoms with Crippen molar-refractivity contribution in [2.75, 3.05) is 0 Å². The number of halogens is 2. The van der Waals surface area contributed by atoms with Crippen molar-refractivity contribution < 1.29 is 9.32 Å². The van der Waals surface area contributed by atoms with Crippen LogP contribution in [-0.4, -0.2) is 21.3 Å². The molecule has 0 bridgehead atoms. The van der Waals surface area contributed by atoms with Gasteiger partial charge in [-0.15, -0.1) is 11.8 Å². The van der Waals surface area contributed by atoms with Gasteiger partial charge in [0, 0.05) is 15.5 Å². The number of rotatable bonds is 6. The number of benzene rings is 2. The van der Waals surface area contributed by atoms with Crippen LogP contribution in [0.5, 0.6) is 0 Å². The van der Waals surface area contributed by atoms with Crippen molar-refractivity contribution in [2.45, 2.75) is 23.6 Å². The van der Waals surface area contributed by atoms with Gasteiger partial charge in [-0.3, -0.25) is 4.79 Å². The zero-order valence-electron chi connectivity index (χ0n) is 13.8. The van der Waals surface area contributed by atoms with Gasteiger partial charge in [0.05, 0.1) is 16.8 Å². The van der Waals surface area contributed by atoms with E-state index in [2.05, 4.69) is 15.5 Å². The van der Waals surface area contributed by atoms with E-state index in [1.165, 1.54) is 11.8 Å². The molecule has 1 aromatic heterocycles. The van der Waals surface area contributed by atoms with Crippen LogP contribution in [0, 0.1) is 0 Å². The molecule has 3 aromatic rings. The summed E-state index contributed by atoms with van der Waals surface area (Å²) in [5.74, 6) is 0.586. The maximum Gasteiger partial charge on any atom is 0.246 e. The monoisotopic (exact) mass is 407 g/mol. The number of hydrogen-bond acceptors (Lipinski definition) is 5. The molecule has 3 rings (SSSR count). The molecule has 5 nitrogen and oxygen atoms in total. The highest BCUT2D eigenvalue weighted by Crippen LogP contribution is 2.26. The minimum atomic E-state index is -0.276. The van der Waals surface area contributed by atoms with E-state index in [1.54, 1.807) is 24.3 Å². The molecule has 0 aliphatic heterocycles. The highest BCUT2D eigenvalue weighted by atomic mass is 35.5. The van der Waals surface area contributed by atoms with Crippen LogP contribution in [0.4, 0.5) is 0 Å². The predicted molar refractivity (Wildman–Crippen MR) is 103 cm³/mol. The molecule has 1 N–H and O–H groups in total. The molecule has 134 valence electrons. The number of thioether (sulfide) groups is 1. The van der Waals surface area contributed by atoms with E-state index >= 15 is 0 Å². The molecule has 8 heteroatoms. The van der Waals surface area contributed by atoms with Gasteiger partial charge in [-0.05, 0) is 43.3 Å². The normalized spacial score (nSPS) is 12.0. The van der Waals surface area contributed by atoms with E-state index in [4.69, 9.17) is 27.7 Å². The molecule has 0 radical (unpaired) electrons. The molecule has 0 unspecified atom stereocenters. The van der Waals surface area contributed by atoms with Gasteiger partial charge in [-0.1, -0.05) is 40.5 Å². The van der Waals surface area contributed by atoms with Gasteiger partial charge < -0.3 is 9.84 Å². The van der Waals surface area contributed by atoms with Crippen LogP contribution in [0.3, 0.4) is 0 Å². The van der Waals surface area contributed by atoms with Gasteiger partial charge in [0.25, 0.3) is 0 Å². The second-order valence-electron chi connectivity index (χ2n) is 5.42. The summed E-state index contributed by atoms with van der Waals surface area (Å²) in [6, 6.07) is 14.6. The Morgan fingerprint density at radius 1 is 1.19 bits per heavy atom. The second-order valence-corrected chi connectivity index (χ2v) is 7.68. The van der Waals surface area contributed by atoms with E-state index in [0.29, 0.717) is 27.3 Å². The maximum absolute atomic E-state index is 12.2. The molecular weight excluding hydrogens is 393 g/mol. The first kappa shape index (κ1) is 18.8. The van der Waals surface area contributed by atoms with E-state index in [9.17, 15) is 4.79 Å². The number of amides is 1. The minimum Gasteiger partial charge on any atom is -0.346 e. The first-order chi connectivity index (χ1) is 12.5. The first-order valence-electron chi connectivity index (χ1n) is 7.80. The zero-order valence-corrected chi connectivity index (χ0v) is 16.1. The molecule has 0 aliphatic rings. The zero-order chi connectivity index (χ0) is 18.5. The smallest absolute Gasteiger partial charge is 0.246 e. The third-order valence-electron chi connectivity index (χ3n) is 3.49.